The highest BCUT2D eigenvalue weighted by atomic mass is 16.5. The summed E-state index contributed by atoms with van der Waals surface area (Å²) in [5.74, 6) is 0.697. The number of rotatable bonds is 4. The molecule has 1 aliphatic heterocycles. The molecular formula is C23H22N2O2. The zero-order valence-corrected chi connectivity index (χ0v) is 15.3. The van der Waals surface area contributed by atoms with Crippen LogP contribution < -0.4 is 4.74 Å². The first-order valence-corrected chi connectivity index (χ1v) is 9.19. The minimum Gasteiger partial charge on any atom is -0.484 e. The van der Waals surface area contributed by atoms with Gasteiger partial charge in [-0.15, -0.1) is 0 Å². The zero-order chi connectivity index (χ0) is 18.6. The fraction of sp³-hybridized carbons (Fsp3) is 0.217. The van der Waals surface area contributed by atoms with Crippen LogP contribution in [0.3, 0.4) is 0 Å². The number of aromatic nitrogens is 1. The molecule has 4 nitrogen and oxygen atoms in total. The highest BCUT2D eigenvalue weighted by Gasteiger charge is 2.32. The first-order chi connectivity index (χ1) is 13.2. The van der Waals surface area contributed by atoms with Gasteiger partial charge in [0.15, 0.2) is 6.61 Å². The maximum Gasteiger partial charge on any atom is 0.261 e. The van der Waals surface area contributed by atoms with Crippen molar-refractivity contribution in [2.75, 3.05) is 13.2 Å². The molecule has 1 aliphatic rings. The minimum absolute atomic E-state index is 0.0149. The lowest BCUT2D eigenvalue weighted by Crippen LogP contribution is -2.42. The number of carbonyl (C=O) groups excluding carboxylic acids is 1. The third-order valence-electron chi connectivity index (χ3n) is 4.99. The van der Waals surface area contributed by atoms with E-state index in [0.29, 0.717) is 12.3 Å². The topological polar surface area (TPSA) is 42.4 Å². The van der Waals surface area contributed by atoms with E-state index in [9.17, 15) is 4.79 Å². The highest BCUT2D eigenvalue weighted by Crippen LogP contribution is 2.34. The molecule has 1 atom stereocenters. The van der Waals surface area contributed by atoms with Gasteiger partial charge in [-0.2, -0.15) is 0 Å². The Morgan fingerprint density at radius 2 is 1.93 bits per heavy atom. The molecule has 0 N–H and O–H groups in total. The molecule has 1 aromatic heterocycles. The molecular weight excluding hydrogens is 336 g/mol. The zero-order valence-electron chi connectivity index (χ0n) is 15.3. The number of benzene rings is 2. The maximum atomic E-state index is 13.0. The van der Waals surface area contributed by atoms with Crippen molar-refractivity contribution in [3.8, 4) is 5.75 Å². The summed E-state index contributed by atoms with van der Waals surface area (Å²) in [7, 11) is 0. The van der Waals surface area contributed by atoms with E-state index in [1.54, 1.807) is 6.20 Å². The molecule has 0 bridgehead atoms. The first kappa shape index (κ1) is 17.3. The van der Waals surface area contributed by atoms with Gasteiger partial charge in [-0.25, -0.2) is 0 Å². The fourth-order valence-electron chi connectivity index (χ4n) is 3.59. The summed E-state index contributed by atoms with van der Waals surface area (Å²) in [6.07, 6.45) is 4.45. The Morgan fingerprint density at radius 1 is 1.11 bits per heavy atom. The van der Waals surface area contributed by atoms with Crippen molar-refractivity contribution in [2.45, 2.75) is 19.4 Å². The van der Waals surface area contributed by atoms with Gasteiger partial charge in [-0.3, -0.25) is 9.78 Å². The third-order valence-corrected chi connectivity index (χ3v) is 4.99. The predicted molar refractivity (Wildman–Crippen MR) is 105 cm³/mol. The minimum atomic E-state index is -0.127. The lowest BCUT2D eigenvalue weighted by molar-refractivity contribution is -0.135. The van der Waals surface area contributed by atoms with E-state index < -0.39 is 0 Å². The molecule has 4 heteroatoms. The Balaban J connectivity index is 1.58. The molecule has 0 saturated carbocycles. The van der Waals surface area contributed by atoms with Crippen molar-refractivity contribution in [3.05, 3.63) is 95.3 Å². The number of hydrogen-bond acceptors (Lipinski definition) is 3. The average Bonchev–Trinajstić information content (AvgIpc) is 2.73. The summed E-state index contributed by atoms with van der Waals surface area (Å²) in [5, 5.41) is 0. The molecule has 0 radical (unpaired) electrons. The maximum absolute atomic E-state index is 13.0. The third kappa shape index (κ3) is 3.70. The van der Waals surface area contributed by atoms with Crippen LogP contribution in [0.4, 0.5) is 0 Å². The number of nitrogens with zero attached hydrogens (tertiary/aromatic N) is 2. The van der Waals surface area contributed by atoms with Crippen LogP contribution in [0.1, 0.15) is 28.3 Å². The van der Waals surface area contributed by atoms with Gasteiger partial charge in [0.05, 0.1) is 6.04 Å². The lowest BCUT2D eigenvalue weighted by Gasteiger charge is -2.37. The summed E-state index contributed by atoms with van der Waals surface area (Å²) in [5.41, 5.74) is 4.64. The van der Waals surface area contributed by atoms with Crippen LogP contribution >= 0.6 is 0 Å². The van der Waals surface area contributed by atoms with Crippen LogP contribution in [0, 0.1) is 6.92 Å². The summed E-state index contributed by atoms with van der Waals surface area (Å²) in [6, 6.07) is 19.9. The van der Waals surface area contributed by atoms with Crippen molar-refractivity contribution in [1.82, 2.24) is 9.88 Å². The Kier molecular flexibility index (Phi) is 4.88. The Bertz CT molecular complexity index is 923. The second-order valence-electron chi connectivity index (χ2n) is 6.83. The van der Waals surface area contributed by atoms with Crippen molar-refractivity contribution in [3.63, 3.8) is 0 Å². The molecule has 0 saturated heterocycles. The van der Waals surface area contributed by atoms with Crippen LogP contribution in [0.2, 0.25) is 0 Å². The second-order valence-corrected chi connectivity index (χ2v) is 6.83. The SMILES string of the molecule is Cc1ccc(OCC(=O)N2CCc3ccccc3C2c2cccnc2)cc1. The van der Waals surface area contributed by atoms with Crippen molar-refractivity contribution in [1.29, 1.82) is 0 Å². The smallest absolute Gasteiger partial charge is 0.261 e. The number of hydrogen-bond donors (Lipinski definition) is 0. The van der Waals surface area contributed by atoms with Crippen LogP contribution in [-0.2, 0) is 11.2 Å². The molecule has 0 aliphatic carbocycles. The van der Waals surface area contributed by atoms with Gasteiger partial charge < -0.3 is 9.64 Å². The number of aryl methyl sites for hydroxylation is 1. The molecule has 136 valence electrons. The first-order valence-electron chi connectivity index (χ1n) is 9.19. The van der Waals surface area contributed by atoms with Gasteiger partial charge in [-0.1, -0.05) is 48.0 Å². The van der Waals surface area contributed by atoms with Gasteiger partial charge in [0, 0.05) is 18.9 Å². The standard InChI is InChI=1S/C23H22N2O2/c1-17-8-10-20(11-9-17)27-16-22(26)25-14-12-18-5-2-3-7-21(18)23(25)19-6-4-13-24-15-19/h2-11,13,15,23H,12,14,16H2,1H3. The molecule has 2 heterocycles. The summed E-state index contributed by atoms with van der Waals surface area (Å²) in [6.45, 7) is 2.73. The van der Waals surface area contributed by atoms with E-state index in [4.69, 9.17) is 4.74 Å². The van der Waals surface area contributed by atoms with Gasteiger partial charge in [-0.05, 0) is 48.2 Å². The van der Waals surface area contributed by atoms with E-state index in [2.05, 4.69) is 23.2 Å². The van der Waals surface area contributed by atoms with Crippen LogP contribution in [-0.4, -0.2) is 28.9 Å². The molecule has 2 aromatic carbocycles. The molecule has 1 amide bonds. The van der Waals surface area contributed by atoms with E-state index in [1.807, 2.05) is 60.5 Å². The van der Waals surface area contributed by atoms with Gasteiger partial charge in [0.25, 0.3) is 5.91 Å². The fourth-order valence-corrected chi connectivity index (χ4v) is 3.59. The molecule has 27 heavy (non-hydrogen) atoms. The summed E-state index contributed by atoms with van der Waals surface area (Å²) >= 11 is 0. The summed E-state index contributed by atoms with van der Waals surface area (Å²) in [4.78, 5) is 19.2. The number of pyridine rings is 1. The number of fused-ring (bicyclic) bond motifs is 1. The Labute approximate surface area is 159 Å². The summed E-state index contributed by atoms with van der Waals surface area (Å²) < 4.78 is 5.74. The van der Waals surface area contributed by atoms with E-state index >= 15 is 0 Å². The Morgan fingerprint density at radius 3 is 2.70 bits per heavy atom. The number of ether oxygens (including phenoxy) is 1. The number of amides is 1. The van der Waals surface area contributed by atoms with Crippen molar-refractivity contribution in [2.24, 2.45) is 0 Å². The number of carbonyl (C=O) groups is 1. The largest absolute Gasteiger partial charge is 0.484 e. The lowest BCUT2D eigenvalue weighted by atomic mass is 9.89. The monoisotopic (exact) mass is 358 g/mol. The Hall–Kier alpha value is -3.14. The van der Waals surface area contributed by atoms with Crippen molar-refractivity contribution < 1.29 is 9.53 Å². The molecule has 0 spiro atoms. The van der Waals surface area contributed by atoms with Gasteiger partial charge in [0.1, 0.15) is 5.75 Å². The van der Waals surface area contributed by atoms with Crippen molar-refractivity contribution >= 4 is 5.91 Å². The van der Waals surface area contributed by atoms with Crippen LogP contribution in [0.5, 0.6) is 5.75 Å². The molecule has 3 aromatic rings. The van der Waals surface area contributed by atoms with E-state index in [1.165, 1.54) is 11.1 Å². The molecule has 0 fully saturated rings. The quantitative estimate of drug-likeness (QED) is 0.709. The van der Waals surface area contributed by atoms with Crippen LogP contribution in [0.25, 0.3) is 0 Å². The second kappa shape index (κ2) is 7.62. The van der Waals surface area contributed by atoms with Gasteiger partial charge >= 0.3 is 0 Å². The van der Waals surface area contributed by atoms with E-state index in [-0.39, 0.29) is 18.6 Å². The average molecular weight is 358 g/mol. The molecule has 1 unspecified atom stereocenters. The predicted octanol–water partition coefficient (Wildman–Crippen LogP) is 3.94. The molecule has 4 rings (SSSR count). The van der Waals surface area contributed by atoms with Crippen LogP contribution in [0.15, 0.2) is 73.1 Å². The highest BCUT2D eigenvalue weighted by molar-refractivity contribution is 5.79. The van der Waals surface area contributed by atoms with Gasteiger partial charge in [0.2, 0.25) is 0 Å². The van der Waals surface area contributed by atoms with E-state index in [0.717, 1.165) is 17.5 Å². The normalized spacial score (nSPS) is 15.9.